The van der Waals surface area contributed by atoms with Crippen molar-refractivity contribution in [2.75, 3.05) is 26.2 Å². The maximum atomic E-state index is 14.1. The van der Waals surface area contributed by atoms with Crippen molar-refractivity contribution in [1.82, 2.24) is 20.5 Å². The number of hydrogen-bond acceptors (Lipinski definition) is 7. The standard InChI is InChI=1S/C33H42F2N4O5/c1-4-8-39(9-5-2)33(42)24-16-22(15-23(17-24)32-36-7-11-44-32)31(41)38-29(14-21-12-25(34)18-26(35)13-21)30(40)28-19-27(20-37-28)43-10-6-3/h7,11-13,15-18,27-30,37,40H,4-6,8-10,14,19-20H2,1-3H3,(H,38,41)/t27-,28-,29+,30-/m1/s1. The molecule has 44 heavy (non-hydrogen) atoms. The molecule has 3 aromatic rings. The number of rotatable bonds is 15. The number of nitrogens with zero attached hydrogens (tertiary/aromatic N) is 2. The fourth-order valence-electron chi connectivity index (χ4n) is 5.59. The molecule has 9 nitrogen and oxygen atoms in total. The first-order chi connectivity index (χ1) is 21.2. The molecule has 0 aliphatic carbocycles. The molecule has 3 N–H and O–H groups in total. The van der Waals surface area contributed by atoms with Gasteiger partial charge in [-0.2, -0.15) is 0 Å². The van der Waals surface area contributed by atoms with Gasteiger partial charge in [0.1, 0.15) is 17.9 Å². The average Bonchev–Trinajstić information content (AvgIpc) is 3.71. The second-order valence-corrected chi connectivity index (χ2v) is 11.2. The van der Waals surface area contributed by atoms with Gasteiger partial charge in [-0.05, 0) is 68.0 Å². The summed E-state index contributed by atoms with van der Waals surface area (Å²) >= 11 is 0. The lowest BCUT2D eigenvalue weighted by Crippen LogP contribution is -2.52. The Morgan fingerprint density at radius 2 is 1.77 bits per heavy atom. The third kappa shape index (κ3) is 8.71. The molecule has 1 aliphatic rings. The zero-order valence-corrected chi connectivity index (χ0v) is 25.5. The highest BCUT2D eigenvalue weighted by molar-refractivity contribution is 6.01. The molecule has 0 spiro atoms. The van der Waals surface area contributed by atoms with Crippen molar-refractivity contribution in [3.63, 3.8) is 0 Å². The molecule has 1 aromatic heterocycles. The van der Waals surface area contributed by atoms with Crippen LogP contribution >= 0.6 is 0 Å². The highest BCUT2D eigenvalue weighted by Crippen LogP contribution is 2.24. The molecule has 11 heteroatoms. The van der Waals surface area contributed by atoms with E-state index in [0.717, 1.165) is 25.3 Å². The normalized spacial score (nSPS) is 17.8. The van der Waals surface area contributed by atoms with E-state index in [1.807, 2.05) is 20.8 Å². The van der Waals surface area contributed by atoms with Crippen LogP contribution in [0.3, 0.4) is 0 Å². The number of aliphatic hydroxyl groups is 1. The number of hydrogen-bond donors (Lipinski definition) is 3. The van der Waals surface area contributed by atoms with Crippen LogP contribution in [0.4, 0.5) is 8.78 Å². The molecule has 4 rings (SSSR count). The Labute approximate surface area is 257 Å². The molecule has 1 saturated heterocycles. The van der Waals surface area contributed by atoms with E-state index < -0.39 is 35.7 Å². The monoisotopic (exact) mass is 612 g/mol. The predicted molar refractivity (Wildman–Crippen MR) is 162 cm³/mol. The minimum absolute atomic E-state index is 0.0355. The van der Waals surface area contributed by atoms with Crippen molar-refractivity contribution in [2.24, 2.45) is 0 Å². The lowest BCUT2D eigenvalue weighted by molar-refractivity contribution is 0.0514. The van der Waals surface area contributed by atoms with E-state index in [2.05, 4.69) is 15.6 Å². The fraction of sp³-hybridized carbons (Fsp3) is 0.485. The molecular weight excluding hydrogens is 570 g/mol. The van der Waals surface area contributed by atoms with Crippen LogP contribution in [0.25, 0.3) is 11.5 Å². The predicted octanol–water partition coefficient (Wildman–Crippen LogP) is 4.74. The van der Waals surface area contributed by atoms with Crippen LogP contribution in [0.15, 0.2) is 53.3 Å². The molecule has 2 amide bonds. The number of halogens is 2. The van der Waals surface area contributed by atoms with E-state index in [4.69, 9.17) is 9.15 Å². The molecule has 2 heterocycles. The molecule has 0 unspecified atom stereocenters. The molecular formula is C33H42F2N4O5. The lowest BCUT2D eigenvalue weighted by atomic mass is 9.94. The maximum Gasteiger partial charge on any atom is 0.253 e. The van der Waals surface area contributed by atoms with Crippen LogP contribution in [0.1, 0.15) is 72.7 Å². The van der Waals surface area contributed by atoms with E-state index in [0.29, 0.717) is 43.8 Å². The van der Waals surface area contributed by atoms with Gasteiger partial charge >= 0.3 is 0 Å². The third-order valence-corrected chi connectivity index (χ3v) is 7.60. The van der Waals surface area contributed by atoms with Crippen molar-refractivity contribution >= 4 is 11.8 Å². The van der Waals surface area contributed by atoms with Crippen LogP contribution in [0.2, 0.25) is 0 Å². The van der Waals surface area contributed by atoms with E-state index in [9.17, 15) is 23.5 Å². The zero-order valence-electron chi connectivity index (χ0n) is 25.5. The minimum atomic E-state index is -1.11. The van der Waals surface area contributed by atoms with Gasteiger partial charge in [0.25, 0.3) is 11.8 Å². The second kappa shape index (κ2) is 15.9. The topological polar surface area (TPSA) is 117 Å². The number of carbonyl (C=O) groups is 2. The van der Waals surface area contributed by atoms with Gasteiger partial charge in [-0.15, -0.1) is 0 Å². The summed E-state index contributed by atoms with van der Waals surface area (Å²) in [6.45, 7) is 8.25. The fourth-order valence-corrected chi connectivity index (χ4v) is 5.59. The molecule has 0 radical (unpaired) electrons. The first kappa shape index (κ1) is 33.2. The Morgan fingerprint density at radius 1 is 1.07 bits per heavy atom. The average molecular weight is 613 g/mol. The summed E-state index contributed by atoms with van der Waals surface area (Å²) in [6.07, 6.45) is 4.55. The van der Waals surface area contributed by atoms with Crippen molar-refractivity contribution < 1.29 is 32.6 Å². The van der Waals surface area contributed by atoms with Crippen LogP contribution in [-0.2, 0) is 11.2 Å². The van der Waals surface area contributed by atoms with Crippen molar-refractivity contribution in [2.45, 2.75) is 77.2 Å². The van der Waals surface area contributed by atoms with Crippen molar-refractivity contribution in [3.8, 4) is 11.5 Å². The van der Waals surface area contributed by atoms with Gasteiger partial charge in [-0.1, -0.05) is 20.8 Å². The summed E-state index contributed by atoms with van der Waals surface area (Å²) < 4.78 is 39.5. The Hall–Kier alpha value is -3.67. The number of benzene rings is 2. The highest BCUT2D eigenvalue weighted by atomic mass is 19.1. The maximum absolute atomic E-state index is 14.1. The van der Waals surface area contributed by atoms with Crippen LogP contribution in [0.5, 0.6) is 0 Å². The summed E-state index contributed by atoms with van der Waals surface area (Å²) in [7, 11) is 0. The van der Waals surface area contributed by atoms with Gasteiger partial charge < -0.3 is 29.8 Å². The lowest BCUT2D eigenvalue weighted by Gasteiger charge is -2.29. The van der Waals surface area contributed by atoms with E-state index in [-0.39, 0.29) is 35.4 Å². The number of aliphatic hydroxyl groups excluding tert-OH is 1. The van der Waals surface area contributed by atoms with Crippen LogP contribution in [0, 0.1) is 11.6 Å². The molecule has 4 atom stereocenters. The third-order valence-electron chi connectivity index (χ3n) is 7.60. The van der Waals surface area contributed by atoms with Gasteiger partial charge in [0.15, 0.2) is 0 Å². The quantitative estimate of drug-likeness (QED) is 0.227. The van der Waals surface area contributed by atoms with Crippen LogP contribution < -0.4 is 10.6 Å². The first-order valence-electron chi connectivity index (χ1n) is 15.3. The zero-order chi connectivity index (χ0) is 31.6. The van der Waals surface area contributed by atoms with Gasteiger partial charge in [-0.25, -0.2) is 13.8 Å². The van der Waals surface area contributed by atoms with E-state index in [1.165, 1.54) is 30.7 Å². The van der Waals surface area contributed by atoms with Gasteiger partial charge in [0, 0.05) is 55.0 Å². The number of oxazole rings is 1. The Balaban J connectivity index is 1.65. The van der Waals surface area contributed by atoms with Gasteiger partial charge in [0.2, 0.25) is 5.89 Å². The van der Waals surface area contributed by atoms with Crippen LogP contribution in [-0.4, -0.2) is 77.3 Å². The summed E-state index contributed by atoms with van der Waals surface area (Å²) in [6, 6.07) is 6.51. The number of aromatic nitrogens is 1. The molecule has 0 bridgehead atoms. The summed E-state index contributed by atoms with van der Waals surface area (Å²) in [5.41, 5.74) is 1.17. The molecule has 2 aromatic carbocycles. The molecule has 1 aliphatic heterocycles. The largest absolute Gasteiger partial charge is 0.445 e. The number of amides is 2. The summed E-state index contributed by atoms with van der Waals surface area (Å²) in [5, 5.41) is 17.6. The second-order valence-electron chi connectivity index (χ2n) is 11.2. The summed E-state index contributed by atoms with van der Waals surface area (Å²) in [5.74, 6) is -2.06. The number of carbonyl (C=O) groups excluding carboxylic acids is 2. The molecule has 0 saturated carbocycles. The molecule has 1 fully saturated rings. The van der Waals surface area contributed by atoms with E-state index >= 15 is 0 Å². The van der Waals surface area contributed by atoms with E-state index in [1.54, 1.807) is 17.0 Å². The van der Waals surface area contributed by atoms with Crippen molar-refractivity contribution in [1.29, 1.82) is 0 Å². The highest BCUT2D eigenvalue weighted by Gasteiger charge is 2.35. The first-order valence-corrected chi connectivity index (χ1v) is 15.3. The SMILES string of the molecule is CCCO[C@H]1CN[C@@H]([C@@H](O)[C@H](Cc2cc(F)cc(F)c2)NC(=O)c2cc(C(=O)N(CCC)CCC)cc(-c3ncco3)c2)C1. The summed E-state index contributed by atoms with van der Waals surface area (Å²) in [4.78, 5) is 33.3. The minimum Gasteiger partial charge on any atom is -0.445 e. The Kier molecular flexibility index (Phi) is 12.0. The Morgan fingerprint density at radius 3 is 2.41 bits per heavy atom. The molecule has 238 valence electrons. The number of ether oxygens (including phenoxy) is 1. The number of nitrogens with one attached hydrogen (secondary N) is 2. The van der Waals surface area contributed by atoms with Gasteiger partial charge in [-0.3, -0.25) is 9.59 Å². The van der Waals surface area contributed by atoms with Gasteiger partial charge in [0.05, 0.1) is 24.4 Å². The smallest absolute Gasteiger partial charge is 0.253 e. The van der Waals surface area contributed by atoms with Crippen molar-refractivity contribution in [3.05, 3.63) is 77.2 Å². The Bertz CT molecular complexity index is 1360.